The number of rotatable bonds is 8. The van der Waals surface area contributed by atoms with E-state index in [0.717, 1.165) is 62.7 Å². The van der Waals surface area contributed by atoms with Crippen LogP contribution < -0.4 is 10.1 Å². The Hall–Kier alpha value is -1.26. The summed E-state index contributed by atoms with van der Waals surface area (Å²) in [6.45, 7) is 8.72. The zero-order chi connectivity index (χ0) is 16.5. The number of likely N-dealkylation sites (tertiary alicyclic amines) is 1. The van der Waals surface area contributed by atoms with E-state index in [0.29, 0.717) is 13.0 Å². The van der Waals surface area contributed by atoms with Crippen molar-refractivity contribution >= 4 is 18.3 Å². The van der Waals surface area contributed by atoms with Crippen LogP contribution in [0.4, 0.5) is 0 Å². The predicted molar refractivity (Wildman–Crippen MR) is 101 cm³/mol. The van der Waals surface area contributed by atoms with Crippen molar-refractivity contribution in [1.29, 1.82) is 0 Å². The number of nitrogens with zero attached hydrogens (tertiary/aromatic N) is 1. The van der Waals surface area contributed by atoms with Crippen LogP contribution in [0.25, 0.3) is 0 Å². The van der Waals surface area contributed by atoms with Crippen molar-refractivity contribution in [3.8, 4) is 5.75 Å². The van der Waals surface area contributed by atoms with E-state index in [2.05, 4.69) is 12.2 Å². The fourth-order valence-electron chi connectivity index (χ4n) is 3.02. The highest BCUT2D eigenvalue weighted by molar-refractivity contribution is 5.85. The lowest BCUT2D eigenvalue weighted by Gasteiger charge is -2.32. The normalized spacial score (nSPS) is 15.0. The maximum absolute atomic E-state index is 12.3. The Morgan fingerprint density at radius 2 is 2.00 bits per heavy atom. The predicted octanol–water partition coefficient (Wildman–Crippen LogP) is 3.42. The smallest absolute Gasteiger partial charge is 0.222 e. The summed E-state index contributed by atoms with van der Waals surface area (Å²) in [5.41, 5.74) is 1.14. The second-order valence-electron chi connectivity index (χ2n) is 6.35. The molecule has 0 spiro atoms. The van der Waals surface area contributed by atoms with E-state index in [4.69, 9.17) is 4.74 Å². The molecule has 1 N–H and O–H groups in total. The minimum absolute atomic E-state index is 0. The highest BCUT2D eigenvalue weighted by Crippen LogP contribution is 2.18. The summed E-state index contributed by atoms with van der Waals surface area (Å²) in [5, 5.41) is 3.40. The fraction of sp³-hybridized carbons (Fsp3) is 0.632. The molecule has 1 aromatic rings. The molecule has 0 radical (unpaired) electrons. The Kier molecular flexibility index (Phi) is 9.80. The van der Waals surface area contributed by atoms with Gasteiger partial charge in [0.25, 0.3) is 0 Å². The first kappa shape index (κ1) is 20.8. The molecule has 4 nitrogen and oxygen atoms in total. The monoisotopic (exact) mass is 354 g/mol. The van der Waals surface area contributed by atoms with Crippen LogP contribution in [0, 0.1) is 12.8 Å². The van der Waals surface area contributed by atoms with Crippen molar-refractivity contribution in [2.24, 2.45) is 5.92 Å². The Balaban J connectivity index is 0.00000288. The molecule has 1 saturated heterocycles. The molecule has 1 aliphatic rings. The van der Waals surface area contributed by atoms with Gasteiger partial charge in [-0.25, -0.2) is 0 Å². The molecular weight excluding hydrogens is 324 g/mol. The number of benzene rings is 1. The van der Waals surface area contributed by atoms with Gasteiger partial charge in [-0.3, -0.25) is 4.79 Å². The summed E-state index contributed by atoms with van der Waals surface area (Å²) in [4.78, 5) is 14.3. The van der Waals surface area contributed by atoms with Crippen LogP contribution in [0.1, 0.15) is 38.2 Å². The summed E-state index contributed by atoms with van der Waals surface area (Å²) in [5.74, 6) is 1.92. The van der Waals surface area contributed by atoms with Crippen molar-refractivity contribution in [2.75, 3.05) is 32.8 Å². The Morgan fingerprint density at radius 1 is 1.29 bits per heavy atom. The first-order valence-electron chi connectivity index (χ1n) is 8.87. The van der Waals surface area contributed by atoms with Gasteiger partial charge >= 0.3 is 0 Å². The summed E-state index contributed by atoms with van der Waals surface area (Å²) in [6.07, 6.45) is 3.62. The zero-order valence-electron chi connectivity index (χ0n) is 14.9. The molecular formula is C19H31ClN2O2. The van der Waals surface area contributed by atoms with Gasteiger partial charge in [-0.15, -0.1) is 12.4 Å². The number of carbonyl (C=O) groups is 1. The van der Waals surface area contributed by atoms with Crippen molar-refractivity contribution in [3.63, 3.8) is 0 Å². The van der Waals surface area contributed by atoms with E-state index >= 15 is 0 Å². The van der Waals surface area contributed by atoms with Crippen LogP contribution in [0.15, 0.2) is 24.3 Å². The third-order valence-corrected chi connectivity index (χ3v) is 4.54. The summed E-state index contributed by atoms with van der Waals surface area (Å²) in [7, 11) is 0. The number of halogens is 1. The average molecular weight is 355 g/mol. The Morgan fingerprint density at radius 3 is 2.67 bits per heavy atom. The Labute approximate surface area is 152 Å². The molecule has 24 heavy (non-hydrogen) atoms. The van der Waals surface area contributed by atoms with E-state index in [9.17, 15) is 4.79 Å². The number of carbonyl (C=O) groups excluding carboxylic acids is 1. The lowest BCUT2D eigenvalue weighted by atomic mass is 9.96. The van der Waals surface area contributed by atoms with Crippen molar-refractivity contribution < 1.29 is 9.53 Å². The van der Waals surface area contributed by atoms with E-state index in [1.807, 2.05) is 36.1 Å². The lowest BCUT2D eigenvalue weighted by molar-refractivity contribution is -0.132. The van der Waals surface area contributed by atoms with Gasteiger partial charge in [-0.05, 0) is 56.8 Å². The van der Waals surface area contributed by atoms with Gasteiger partial charge in [-0.2, -0.15) is 0 Å². The minimum Gasteiger partial charge on any atom is -0.493 e. The standard InChI is InChI=1S/C19H30N2O2.ClH/c1-3-20-15-17-10-12-21(13-11-17)19(22)9-6-14-23-18-8-5-4-7-16(18)2;/h4-5,7-8,17,20H,3,6,9-15H2,1-2H3;1H. The number of amides is 1. The highest BCUT2D eigenvalue weighted by atomic mass is 35.5. The van der Waals surface area contributed by atoms with Crippen molar-refractivity contribution in [3.05, 3.63) is 29.8 Å². The van der Waals surface area contributed by atoms with Gasteiger partial charge in [0.2, 0.25) is 5.91 Å². The van der Waals surface area contributed by atoms with Crippen LogP contribution >= 0.6 is 12.4 Å². The topological polar surface area (TPSA) is 41.6 Å². The van der Waals surface area contributed by atoms with Crippen molar-refractivity contribution in [1.82, 2.24) is 10.2 Å². The van der Waals surface area contributed by atoms with E-state index < -0.39 is 0 Å². The molecule has 0 saturated carbocycles. The fourth-order valence-corrected chi connectivity index (χ4v) is 3.02. The van der Waals surface area contributed by atoms with Gasteiger partial charge in [0.05, 0.1) is 6.61 Å². The zero-order valence-corrected chi connectivity index (χ0v) is 15.7. The summed E-state index contributed by atoms with van der Waals surface area (Å²) >= 11 is 0. The third-order valence-electron chi connectivity index (χ3n) is 4.54. The molecule has 136 valence electrons. The lowest BCUT2D eigenvalue weighted by Crippen LogP contribution is -2.40. The summed E-state index contributed by atoms with van der Waals surface area (Å²) in [6, 6.07) is 8.00. The van der Waals surface area contributed by atoms with E-state index in [-0.39, 0.29) is 18.3 Å². The van der Waals surface area contributed by atoms with Crippen LogP contribution in [0.3, 0.4) is 0 Å². The highest BCUT2D eigenvalue weighted by Gasteiger charge is 2.21. The molecule has 1 amide bonds. The molecule has 1 fully saturated rings. The number of ether oxygens (including phenoxy) is 1. The summed E-state index contributed by atoms with van der Waals surface area (Å²) < 4.78 is 5.76. The van der Waals surface area contributed by atoms with E-state index in [1.165, 1.54) is 0 Å². The van der Waals surface area contributed by atoms with Gasteiger partial charge in [0, 0.05) is 19.5 Å². The third kappa shape index (κ3) is 6.70. The molecule has 0 unspecified atom stereocenters. The largest absolute Gasteiger partial charge is 0.493 e. The molecule has 0 bridgehead atoms. The van der Waals surface area contributed by atoms with Crippen LogP contribution in [0.5, 0.6) is 5.75 Å². The molecule has 5 heteroatoms. The molecule has 1 heterocycles. The number of hydrogen-bond acceptors (Lipinski definition) is 3. The first-order chi connectivity index (χ1) is 11.2. The maximum atomic E-state index is 12.3. The van der Waals surface area contributed by atoms with Gasteiger partial charge < -0.3 is 15.0 Å². The average Bonchev–Trinajstić information content (AvgIpc) is 2.58. The molecule has 1 aliphatic heterocycles. The quantitative estimate of drug-likeness (QED) is 0.727. The van der Waals surface area contributed by atoms with Gasteiger partial charge in [0.1, 0.15) is 5.75 Å². The van der Waals surface area contributed by atoms with Crippen LogP contribution in [-0.4, -0.2) is 43.6 Å². The van der Waals surface area contributed by atoms with Crippen molar-refractivity contribution in [2.45, 2.75) is 39.5 Å². The van der Waals surface area contributed by atoms with Gasteiger partial charge in [0.15, 0.2) is 0 Å². The number of piperidine rings is 1. The van der Waals surface area contributed by atoms with Gasteiger partial charge in [-0.1, -0.05) is 25.1 Å². The SMILES string of the molecule is CCNCC1CCN(C(=O)CCCOc2ccccc2C)CC1.Cl. The van der Waals surface area contributed by atoms with Crippen LogP contribution in [-0.2, 0) is 4.79 Å². The minimum atomic E-state index is 0. The second-order valence-corrected chi connectivity index (χ2v) is 6.35. The van der Waals surface area contributed by atoms with E-state index in [1.54, 1.807) is 0 Å². The molecule has 0 aliphatic carbocycles. The number of nitrogens with one attached hydrogen (secondary N) is 1. The number of aryl methyl sites for hydroxylation is 1. The Bertz CT molecular complexity index is 488. The number of para-hydroxylation sites is 1. The first-order valence-corrected chi connectivity index (χ1v) is 8.87. The molecule has 0 aromatic heterocycles. The molecule has 0 atom stereocenters. The number of hydrogen-bond donors (Lipinski definition) is 1. The second kappa shape index (κ2) is 11.3. The molecule has 1 aromatic carbocycles. The van der Waals surface area contributed by atoms with Crippen LogP contribution in [0.2, 0.25) is 0 Å². The maximum Gasteiger partial charge on any atom is 0.222 e. The molecule has 2 rings (SSSR count).